The number of hydrogen-bond acceptors (Lipinski definition) is 0. The molecule has 0 aromatic heterocycles. The maximum atomic E-state index is 12.9. The molecule has 0 radical (unpaired) electrons. The van der Waals surface area contributed by atoms with E-state index in [9.17, 15) is 4.39 Å². The molecule has 14 heavy (non-hydrogen) atoms. The molecule has 0 nitrogen and oxygen atoms in total. The second-order valence-electron chi connectivity index (χ2n) is 3.61. The highest BCUT2D eigenvalue weighted by Gasteiger charge is 2.10. The van der Waals surface area contributed by atoms with Crippen molar-refractivity contribution >= 4 is 31.9 Å². The van der Waals surface area contributed by atoms with Crippen LogP contribution in [0, 0.1) is 11.7 Å². The van der Waals surface area contributed by atoms with E-state index in [0.29, 0.717) is 15.2 Å². The van der Waals surface area contributed by atoms with Crippen molar-refractivity contribution in [3.05, 3.63) is 34.1 Å². The zero-order chi connectivity index (χ0) is 10.7. The summed E-state index contributed by atoms with van der Waals surface area (Å²) in [5.41, 5.74) is 1.16. The molecular weight excluding hydrogens is 311 g/mol. The summed E-state index contributed by atoms with van der Waals surface area (Å²) in [5, 5.41) is 0. The number of alkyl halides is 1. The van der Waals surface area contributed by atoms with Gasteiger partial charge < -0.3 is 0 Å². The van der Waals surface area contributed by atoms with Crippen LogP contribution in [-0.4, -0.2) is 4.83 Å². The summed E-state index contributed by atoms with van der Waals surface area (Å²) in [6, 6.07) is 5.19. The molecule has 0 saturated heterocycles. The topological polar surface area (TPSA) is 0 Å². The zero-order valence-corrected chi connectivity index (χ0v) is 11.4. The summed E-state index contributed by atoms with van der Waals surface area (Å²) in [5.74, 6) is 0.348. The maximum absolute atomic E-state index is 12.9. The van der Waals surface area contributed by atoms with Gasteiger partial charge in [0.25, 0.3) is 0 Å². The predicted molar refractivity (Wildman–Crippen MR) is 65.4 cm³/mol. The lowest BCUT2D eigenvalue weighted by atomic mass is 9.99. The van der Waals surface area contributed by atoms with Crippen LogP contribution in [0.25, 0.3) is 0 Å². The molecule has 0 bridgehead atoms. The molecule has 2 unspecified atom stereocenters. The first-order valence-electron chi connectivity index (χ1n) is 4.58. The van der Waals surface area contributed by atoms with Gasteiger partial charge in [0, 0.05) is 4.83 Å². The summed E-state index contributed by atoms with van der Waals surface area (Å²) in [6.07, 6.45) is 0.964. The Bertz CT molecular complexity index is 310. The van der Waals surface area contributed by atoms with Crippen molar-refractivity contribution in [2.24, 2.45) is 5.92 Å². The fraction of sp³-hybridized carbons (Fsp3) is 0.455. The lowest BCUT2D eigenvalue weighted by Crippen LogP contribution is -2.09. The molecule has 0 aliphatic rings. The first-order valence-corrected chi connectivity index (χ1v) is 6.29. The standard InChI is InChI=1S/C11H13Br2F/c1-7(8(2)12)5-9-3-4-11(14)10(13)6-9/h3-4,6-8H,5H2,1-2H3. The van der Waals surface area contributed by atoms with Crippen LogP contribution in [0.3, 0.4) is 0 Å². The molecular formula is C11H13Br2F. The molecule has 1 rings (SSSR count). The van der Waals surface area contributed by atoms with E-state index in [1.165, 1.54) is 6.07 Å². The second-order valence-corrected chi connectivity index (χ2v) is 5.91. The highest BCUT2D eigenvalue weighted by molar-refractivity contribution is 9.10. The Kier molecular flexibility index (Phi) is 4.58. The minimum absolute atomic E-state index is 0.201. The molecule has 78 valence electrons. The van der Waals surface area contributed by atoms with Gasteiger partial charge in [-0.1, -0.05) is 35.8 Å². The zero-order valence-electron chi connectivity index (χ0n) is 8.23. The highest BCUT2D eigenvalue weighted by Crippen LogP contribution is 2.21. The number of hydrogen-bond donors (Lipinski definition) is 0. The van der Waals surface area contributed by atoms with Crippen LogP contribution >= 0.6 is 31.9 Å². The SMILES string of the molecule is CC(Br)C(C)Cc1ccc(F)c(Br)c1. The van der Waals surface area contributed by atoms with Gasteiger partial charge in [-0.25, -0.2) is 4.39 Å². The third kappa shape index (κ3) is 3.35. The normalized spacial score (nSPS) is 15.2. The summed E-state index contributed by atoms with van der Waals surface area (Å²) in [4.78, 5) is 0.478. The van der Waals surface area contributed by atoms with Gasteiger partial charge in [-0.2, -0.15) is 0 Å². The molecule has 0 aliphatic heterocycles. The van der Waals surface area contributed by atoms with Gasteiger partial charge in [0.1, 0.15) is 5.82 Å². The predicted octanol–water partition coefficient (Wildman–Crippen LogP) is 4.55. The molecule has 2 atom stereocenters. The van der Waals surface area contributed by atoms with Crippen LogP contribution in [0.2, 0.25) is 0 Å². The second kappa shape index (κ2) is 5.26. The van der Waals surface area contributed by atoms with Gasteiger partial charge in [0.2, 0.25) is 0 Å². The van der Waals surface area contributed by atoms with Crippen molar-refractivity contribution in [1.82, 2.24) is 0 Å². The Hall–Kier alpha value is 0.110. The van der Waals surface area contributed by atoms with Gasteiger partial charge in [-0.05, 0) is 46.0 Å². The molecule has 0 N–H and O–H groups in total. The van der Waals surface area contributed by atoms with Crippen LogP contribution in [-0.2, 0) is 6.42 Å². The van der Waals surface area contributed by atoms with E-state index < -0.39 is 0 Å². The van der Waals surface area contributed by atoms with Crippen LogP contribution in [0.15, 0.2) is 22.7 Å². The van der Waals surface area contributed by atoms with E-state index in [-0.39, 0.29) is 5.82 Å². The highest BCUT2D eigenvalue weighted by atomic mass is 79.9. The van der Waals surface area contributed by atoms with E-state index >= 15 is 0 Å². The van der Waals surface area contributed by atoms with Crippen LogP contribution in [0.1, 0.15) is 19.4 Å². The minimum atomic E-state index is -0.201. The molecule has 0 aliphatic carbocycles. The Morgan fingerprint density at radius 2 is 2.00 bits per heavy atom. The molecule has 1 aromatic carbocycles. The summed E-state index contributed by atoms with van der Waals surface area (Å²) >= 11 is 6.73. The van der Waals surface area contributed by atoms with Crippen molar-refractivity contribution in [2.45, 2.75) is 25.1 Å². The Labute approximate surface area is 101 Å². The van der Waals surface area contributed by atoms with Crippen LogP contribution < -0.4 is 0 Å². The Balaban J connectivity index is 2.73. The van der Waals surface area contributed by atoms with E-state index in [1.807, 2.05) is 12.1 Å². The average Bonchev–Trinajstić information content (AvgIpc) is 2.11. The lowest BCUT2D eigenvalue weighted by molar-refractivity contribution is 0.577. The van der Waals surface area contributed by atoms with Gasteiger partial charge in [0.05, 0.1) is 4.47 Å². The summed E-state index contributed by atoms with van der Waals surface area (Å²) < 4.78 is 13.5. The molecule has 0 spiro atoms. The third-order valence-corrected chi connectivity index (χ3v) is 3.84. The molecule has 1 aromatic rings. The fourth-order valence-corrected chi connectivity index (χ4v) is 1.81. The number of rotatable bonds is 3. The summed E-state index contributed by atoms with van der Waals surface area (Å²) in [6.45, 7) is 4.31. The summed E-state index contributed by atoms with van der Waals surface area (Å²) in [7, 11) is 0. The van der Waals surface area contributed by atoms with E-state index in [4.69, 9.17) is 0 Å². The molecule has 3 heteroatoms. The van der Waals surface area contributed by atoms with Crippen molar-refractivity contribution in [2.75, 3.05) is 0 Å². The fourth-order valence-electron chi connectivity index (χ4n) is 1.20. The van der Waals surface area contributed by atoms with E-state index in [0.717, 1.165) is 12.0 Å². The maximum Gasteiger partial charge on any atom is 0.137 e. The van der Waals surface area contributed by atoms with Crippen molar-refractivity contribution in [3.8, 4) is 0 Å². The molecule has 0 saturated carbocycles. The van der Waals surface area contributed by atoms with E-state index in [1.54, 1.807) is 0 Å². The van der Waals surface area contributed by atoms with Crippen molar-refractivity contribution in [3.63, 3.8) is 0 Å². The number of benzene rings is 1. The van der Waals surface area contributed by atoms with Gasteiger partial charge >= 0.3 is 0 Å². The van der Waals surface area contributed by atoms with Crippen molar-refractivity contribution in [1.29, 1.82) is 0 Å². The molecule has 0 amide bonds. The van der Waals surface area contributed by atoms with Gasteiger partial charge in [-0.3, -0.25) is 0 Å². The quantitative estimate of drug-likeness (QED) is 0.716. The van der Waals surface area contributed by atoms with Crippen LogP contribution in [0.5, 0.6) is 0 Å². The third-order valence-electron chi connectivity index (χ3n) is 2.33. The number of halogens is 3. The largest absolute Gasteiger partial charge is 0.206 e. The lowest BCUT2D eigenvalue weighted by Gasteiger charge is -2.14. The Morgan fingerprint density at radius 1 is 1.36 bits per heavy atom. The average molecular weight is 324 g/mol. The minimum Gasteiger partial charge on any atom is -0.206 e. The van der Waals surface area contributed by atoms with Gasteiger partial charge in [0.15, 0.2) is 0 Å². The smallest absolute Gasteiger partial charge is 0.137 e. The Morgan fingerprint density at radius 3 is 2.50 bits per heavy atom. The van der Waals surface area contributed by atoms with Crippen LogP contribution in [0.4, 0.5) is 4.39 Å². The van der Waals surface area contributed by atoms with Gasteiger partial charge in [-0.15, -0.1) is 0 Å². The first-order chi connectivity index (χ1) is 6.50. The first kappa shape index (κ1) is 12.2. The van der Waals surface area contributed by atoms with Crippen molar-refractivity contribution < 1.29 is 4.39 Å². The van der Waals surface area contributed by atoms with E-state index in [2.05, 4.69) is 45.7 Å². The monoisotopic (exact) mass is 322 g/mol. The molecule has 0 heterocycles. The molecule has 0 fully saturated rings.